The van der Waals surface area contributed by atoms with Crippen molar-refractivity contribution in [2.75, 3.05) is 14.2 Å². The second-order valence-corrected chi connectivity index (χ2v) is 7.52. The van der Waals surface area contributed by atoms with E-state index in [1.54, 1.807) is 25.3 Å². The Morgan fingerprint density at radius 1 is 1.28 bits per heavy atom. The molecule has 2 aliphatic rings. The van der Waals surface area contributed by atoms with Crippen molar-refractivity contribution in [2.24, 2.45) is 5.92 Å². The van der Waals surface area contributed by atoms with Crippen LogP contribution in [0, 0.1) is 5.92 Å². The summed E-state index contributed by atoms with van der Waals surface area (Å²) < 4.78 is 15.9. The number of benzene rings is 1. The minimum absolute atomic E-state index is 0.0649. The quantitative estimate of drug-likeness (QED) is 0.769. The Morgan fingerprint density at radius 3 is 2.83 bits per heavy atom. The number of urea groups is 1. The number of nitrogens with one attached hydrogen (secondary N) is 1. The third-order valence-electron chi connectivity index (χ3n) is 5.91. The fraction of sp³-hybridized carbons (Fsp3) is 0.500. The van der Waals surface area contributed by atoms with Gasteiger partial charge in [-0.05, 0) is 30.9 Å². The highest BCUT2D eigenvalue weighted by Crippen LogP contribution is 2.38. The van der Waals surface area contributed by atoms with Gasteiger partial charge >= 0.3 is 6.03 Å². The number of carbonyl (C=O) groups excluding carboxylic acids is 2. The maximum Gasteiger partial charge on any atom is 0.325 e. The number of aromatic nitrogens is 2. The van der Waals surface area contributed by atoms with Crippen molar-refractivity contribution in [3.05, 3.63) is 24.1 Å². The molecule has 1 aliphatic carbocycles. The van der Waals surface area contributed by atoms with Crippen molar-refractivity contribution in [1.29, 1.82) is 0 Å². The third kappa shape index (κ3) is 3.20. The molecule has 2 fully saturated rings. The fourth-order valence-electron chi connectivity index (χ4n) is 4.19. The monoisotopic (exact) mass is 400 g/mol. The summed E-state index contributed by atoms with van der Waals surface area (Å²) in [6.45, 7) is 1.95. The van der Waals surface area contributed by atoms with Crippen LogP contribution in [0.4, 0.5) is 4.79 Å². The number of ether oxygens (including phenoxy) is 2. The summed E-state index contributed by atoms with van der Waals surface area (Å²) in [4.78, 5) is 31.1. The van der Waals surface area contributed by atoms with Crippen molar-refractivity contribution in [1.82, 2.24) is 20.4 Å². The average Bonchev–Trinajstić information content (AvgIpc) is 3.29. The predicted molar refractivity (Wildman–Crippen MR) is 102 cm³/mol. The molecule has 1 aliphatic heterocycles. The van der Waals surface area contributed by atoms with E-state index in [0.717, 1.165) is 19.3 Å². The Bertz CT molecular complexity index is 943. The Hall–Kier alpha value is -3.10. The van der Waals surface area contributed by atoms with Crippen molar-refractivity contribution in [2.45, 2.75) is 44.7 Å². The lowest BCUT2D eigenvalue weighted by Crippen LogP contribution is -2.53. The maximum atomic E-state index is 13.1. The van der Waals surface area contributed by atoms with Crippen LogP contribution in [0.15, 0.2) is 22.7 Å². The molecule has 1 aromatic carbocycles. The number of nitrogens with zero attached hydrogens (tertiary/aromatic N) is 3. The van der Waals surface area contributed by atoms with Crippen LogP contribution < -0.4 is 14.8 Å². The second kappa shape index (κ2) is 7.38. The van der Waals surface area contributed by atoms with Gasteiger partial charge in [-0.3, -0.25) is 9.69 Å². The molecule has 0 unspecified atom stereocenters. The van der Waals surface area contributed by atoms with Crippen molar-refractivity contribution in [3.63, 3.8) is 0 Å². The normalized spacial score (nSPS) is 24.1. The molecule has 9 nitrogen and oxygen atoms in total. The van der Waals surface area contributed by atoms with Crippen LogP contribution >= 0.6 is 0 Å². The first-order chi connectivity index (χ1) is 14.0. The molecule has 1 spiro atoms. The van der Waals surface area contributed by atoms with E-state index in [1.807, 2.05) is 6.92 Å². The SMILES string of the molecule is COc1ccc(-c2noc(CN3C(=O)N[C@]4(CCCC[C@@H]4C)C3=O)n2)c(OC)c1. The van der Waals surface area contributed by atoms with Gasteiger partial charge in [-0.25, -0.2) is 4.79 Å². The largest absolute Gasteiger partial charge is 0.497 e. The van der Waals surface area contributed by atoms with Gasteiger partial charge in [0.1, 0.15) is 23.6 Å². The molecular weight excluding hydrogens is 376 g/mol. The minimum Gasteiger partial charge on any atom is -0.497 e. The lowest BCUT2D eigenvalue weighted by atomic mass is 9.73. The van der Waals surface area contributed by atoms with Crippen molar-refractivity contribution in [3.8, 4) is 22.9 Å². The van der Waals surface area contributed by atoms with Crippen molar-refractivity contribution >= 4 is 11.9 Å². The molecule has 1 saturated carbocycles. The Labute approximate surface area is 168 Å². The molecule has 3 amide bonds. The molecule has 9 heteroatoms. The van der Waals surface area contributed by atoms with Crippen LogP contribution in [0.2, 0.25) is 0 Å². The fourth-order valence-corrected chi connectivity index (χ4v) is 4.19. The Kier molecular flexibility index (Phi) is 4.89. The summed E-state index contributed by atoms with van der Waals surface area (Å²) in [5, 5.41) is 6.91. The van der Waals surface area contributed by atoms with Gasteiger partial charge in [0.15, 0.2) is 0 Å². The van der Waals surface area contributed by atoms with Crippen LogP contribution in [-0.2, 0) is 11.3 Å². The second-order valence-electron chi connectivity index (χ2n) is 7.52. The van der Waals surface area contributed by atoms with Gasteiger partial charge < -0.3 is 19.3 Å². The van der Waals surface area contributed by atoms with E-state index in [-0.39, 0.29) is 24.3 Å². The lowest BCUT2D eigenvalue weighted by Gasteiger charge is -2.36. The van der Waals surface area contributed by atoms with Gasteiger partial charge in [-0.1, -0.05) is 24.9 Å². The number of imide groups is 1. The molecule has 29 heavy (non-hydrogen) atoms. The zero-order chi connectivity index (χ0) is 20.6. The first-order valence-electron chi connectivity index (χ1n) is 9.67. The summed E-state index contributed by atoms with van der Waals surface area (Å²) in [7, 11) is 3.11. The zero-order valence-corrected chi connectivity index (χ0v) is 16.7. The van der Waals surface area contributed by atoms with Crippen LogP contribution in [-0.4, -0.2) is 46.7 Å². The van der Waals surface area contributed by atoms with E-state index in [2.05, 4.69) is 15.5 Å². The van der Waals surface area contributed by atoms with E-state index < -0.39 is 11.6 Å². The average molecular weight is 400 g/mol. The lowest BCUT2D eigenvalue weighted by molar-refractivity contribution is -0.134. The molecule has 154 valence electrons. The highest BCUT2D eigenvalue weighted by molar-refractivity contribution is 6.07. The number of hydrogen-bond donors (Lipinski definition) is 1. The van der Waals surface area contributed by atoms with Gasteiger partial charge in [0, 0.05) is 6.07 Å². The summed E-state index contributed by atoms with van der Waals surface area (Å²) in [6.07, 6.45) is 3.57. The maximum absolute atomic E-state index is 13.1. The zero-order valence-electron chi connectivity index (χ0n) is 16.7. The van der Waals surface area contributed by atoms with Gasteiger partial charge in [0.2, 0.25) is 11.7 Å². The summed E-state index contributed by atoms with van der Waals surface area (Å²) in [5.41, 5.74) is -0.185. The standard InChI is InChI=1S/C20H24N4O5/c1-12-6-4-5-9-20(12)18(25)24(19(26)22-20)11-16-21-17(23-29-16)14-8-7-13(27-2)10-15(14)28-3/h7-8,10,12H,4-6,9,11H2,1-3H3,(H,22,26)/t12-,20-/m0/s1. The molecule has 2 heterocycles. The highest BCUT2D eigenvalue weighted by Gasteiger charge is 2.55. The summed E-state index contributed by atoms with van der Waals surface area (Å²) >= 11 is 0. The van der Waals surface area contributed by atoms with Gasteiger partial charge in [0.05, 0.1) is 19.8 Å². The van der Waals surface area contributed by atoms with E-state index in [1.165, 1.54) is 12.0 Å². The highest BCUT2D eigenvalue weighted by atomic mass is 16.5. The molecule has 4 rings (SSSR count). The predicted octanol–water partition coefficient (Wildman–Crippen LogP) is 2.75. The first kappa shape index (κ1) is 19.2. The third-order valence-corrected chi connectivity index (χ3v) is 5.91. The van der Waals surface area contributed by atoms with Crippen LogP contribution in [0.3, 0.4) is 0 Å². The first-order valence-corrected chi connectivity index (χ1v) is 9.67. The van der Waals surface area contributed by atoms with E-state index in [9.17, 15) is 9.59 Å². The number of amides is 3. The number of rotatable bonds is 5. The van der Waals surface area contributed by atoms with Crippen molar-refractivity contribution < 1.29 is 23.6 Å². The smallest absolute Gasteiger partial charge is 0.325 e. The molecule has 0 radical (unpaired) electrons. The van der Waals surface area contributed by atoms with Crippen LogP contribution in [0.1, 0.15) is 38.5 Å². The minimum atomic E-state index is -0.808. The van der Waals surface area contributed by atoms with E-state index in [0.29, 0.717) is 29.3 Å². The van der Waals surface area contributed by atoms with Gasteiger partial charge in [-0.2, -0.15) is 4.98 Å². The van der Waals surface area contributed by atoms with E-state index >= 15 is 0 Å². The molecule has 0 bridgehead atoms. The molecule has 2 aromatic rings. The Balaban J connectivity index is 1.56. The Morgan fingerprint density at radius 2 is 2.10 bits per heavy atom. The number of hydrogen-bond acceptors (Lipinski definition) is 7. The van der Waals surface area contributed by atoms with E-state index in [4.69, 9.17) is 14.0 Å². The number of methoxy groups -OCH3 is 2. The molecule has 1 aromatic heterocycles. The van der Waals surface area contributed by atoms with Crippen LogP contribution in [0.25, 0.3) is 11.4 Å². The molecule has 2 atom stereocenters. The molecular formula is C20H24N4O5. The molecule has 1 N–H and O–H groups in total. The number of carbonyl (C=O) groups is 2. The molecule has 1 saturated heterocycles. The van der Waals surface area contributed by atoms with Crippen LogP contribution in [0.5, 0.6) is 11.5 Å². The summed E-state index contributed by atoms with van der Waals surface area (Å²) in [5.74, 6) is 1.55. The van der Waals surface area contributed by atoms with Gasteiger partial charge in [0.25, 0.3) is 5.91 Å². The topological polar surface area (TPSA) is 107 Å². The summed E-state index contributed by atoms with van der Waals surface area (Å²) in [6, 6.07) is 4.83. The van der Waals surface area contributed by atoms with Gasteiger partial charge in [-0.15, -0.1) is 0 Å².